The number of likely N-dealkylation sites (N-methyl/N-ethyl adjacent to an activating group) is 1. The normalized spacial score (nSPS) is 11.5. The molecule has 0 aliphatic carbocycles. The van der Waals surface area contributed by atoms with Crippen LogP contribution in [0.1, 0.15) is 35.6 Å². The molecule has 2 rings (SSSR count). The van der Waals surface area contributed by atoms with Crippen molar-refractivity contribution in [1.29, 1.82) is 0 Å². The molecule has 1 unspecified atom stereocenters. The highest BCUT2D eigenvalue weighted by molar-refractivity contribution is 5.85. The molecule has 0 aliphatic heterocycles. The summed E-state index contributed by atoms with van der Waals surface area (Å²) in [7, 11) is 1.83. The molecule has 2 aromatic rings. The van der Waals surface area contributed by atoms with Crippen molar-refractivity contribution in [2.75, 3.05) is 13.6 Å². The van der Waals surface area contributed by atoms with Crippen LogP contribution in [0.15, 0.2) is 54.6 Å². The van der Waals surface area contributed by atoms with Crippen LogP contribution in [0.2, 0.25) is 0 Å². The van der Waals surface area contributed by atoms with Crippen LogP contribution < -0.4 is 5.73 Å². The van der Waals surface area contributed by atoms with Crippen LogP contribution >= 0.6 is 12.4 Å². The number of unbranched alkanes of at least 4 members (excludes halogenated alkanes) is 1. The highest BCUT2D eigenvalue weighted by atomic mass is 35.5. The summed E-state index contributed by atoms with van der Waals surface area (Å²) in [6, 6.07) is 17.7. The number of amides is 1. The first-order chi connectivity index (χ1) is 11.1. The molecule has 24 heavy (non-hydrogen) atoms. The average molecular weight is 347 g/mol. The van der Waals surface area contributed by atoms with Crippen LogP contribution in [0.3, 0.4) is 0 Å². The molecule has 0 bridgehead atoms. The number of nitrogens with two attached hydrogens (primary N) is 1. The van der Waals surface area contributed by atoms with E-state index in [1.54, 1.807) is 4.90 Å². The Labute approximate surface area is 151 Å². The van der Waals surface area contributed by atoms with E-state index in [0.29, 0.717) is 0 Å². The van der Waals surface area contributed by atoms with Gasteiger partial charge < -0.3 is 10.6 Å². The fraction of sp³-hybridized carbons (Fsp3) is 0.350. The maximum absolute atomic E-state index is 12.4. The van der Waals surface area contributed by atoms with E-state index in [0.717, 1.165) is 31.4 Å². The van der Waals surface area contributed by atoms with E-state index in [9.17, 15) is 4.79 Å². The summed E-state index contributed by atoms with van der Waals surface area (Å²) >= 11 is 0. The van der Waals surface area contributed by atoms with Gasteiger partial charge in [-0.2, -0.15) is 0 Å². The van der Waals surface area contributed by atoms with E-state index < -0.39 is 6.04 Å². The van der Waals surface area contributed by atoms with Gasteiger partial charge in [-0.05, 0) is 37.3 Å². The second-order valence-corrected chi connectivity index (χ2v) is 6.09. The zero-order valence-corrected chi connectivity index (χ0v) is 15.3. The lowest BCUT2D eigenvalue weighted by Crippen LogP contribution is -2.36. The molecule has 0 aliphatic rings. The second-order valence-electron chi connectivity index (χ2n) is 6.09. The zero-order chi connectivity index (χ0) is 16.7. The number of halogens is 1. The van der Waals surface area contributed by atoms with Gasteiger partial charge in [0, 0.05) is 13.6 Å². The summed E-state index contributed by atoms with van der Waals surface area (Å²) in [6.45, 7) is 2.77. The minimum atomic E-state index is -0.574. The molecular formula is C20H27ClN2O. The third-order valence-corrected chi connectivity index (χ3v) is 4.13. The fourth-order valence-corrected chi connectivity index (χ4v) is 2.59. The van der Waals surface area contributed by atoms with Gasteiger partial charge in [0.15, 0.2) is 0 Å². The molecule has 2 N–H and O–H groups in total. The molecule has 0 fully saturated rings. The van der Waals surface area contributed by atoms with E-state index >= 15 is 0 Å². The zero-order valence-electron chi connectivity index (χ0n) is 14.4. The fourth-order valence-electron chi connectivity index (χ4n) is 2.59. The Balaban J connectivity index is 0.00000288. The van der Waals surface area contributed by atoms with Crippen molar-refractivity contribution in [3.8, 4) is 0 Å². The Bertz CT molecular complexity index is 613. The standard InChI is InChI=1S/C20H26N2O.ClH/c1-16-11-13-18(14-12-16)19(21)20(23)22(2)15-7-6-10-17-8-4-3-5-9-17;/h3-5,8-9,11-14,19H,6-7,10,15,21H2,1-2H3;1H. The van der Waals surface area contributed by atoms with E-state index in [4.69, 9.17) is 5.73 Å². The molecule has 1 atom stereocenters. The molecule has 0 radical (unpaired) electrons. The van der Waals surface area contributed by atoms with Crippen LogP contribution in [-0.2, 0) is 11.2 Å². The molecule has 2 aromatic carbocycles. The second kappa shape index (κ2) is 10.1. The summed E-state index contributed by atoms with van der Waals surface area (Å²) in [6.07, 6.45) is 3.10. The molecule has 3 nitrogen and oxygen atoms in total. The van der Waals surface area contributed by atoms with Gasteiger partial charge in [0.1, 0.15) is 6.04 Å². The largest absolute Gasteiger partial charge is 0.344 e. The number of aryl methyl sites for hydroxylation is 2. The number of hydrogen-bond acceptors (Lipinski definition) is 2. The Morgan fingerprint density at radius 2 is 1.67 bits per heavy atom. The van der Waals surface area contributed by atoms with Crippen LogP contribution in [0, 0.1) is 6.92 Å². The van der Waals surface area contributed by atoms with Gasteiger partial charge in [-0.3, -0.25) is 4.79 Å². The van der Waals surface area contributed by atoms with Gasteiger partial charge >= 0.3 is 0 Å². The number of hydrogen-bond donors (Lipinski definition) is 1. The first kappa shape index (κ1) is 20.2. The maximum atomic E-state index is 12.4. The van der Waals surface area contributed by atoms with E-state index in [1.165, 1.54) is 11.1 Å². The van der Waals surface area contributed by atoms with Gasteiger partial charge in [-0.25, -0.2) is 0 Å². The summed E-state index contributed by atoms with van der Waals surface area (Å²) in [4.78, 5) is 14.1. The minimum absolute atomic E-state index is 0. The monoisotopic (exact) mass is 346 g/mol. The molecule has 130 valence electrons. The quantitative estimate of drug-likeness (QED) is 0.773. The molecule has 0 saturated heterocycles. The topological polar surface area (TPSA) is 46.3 Å². The van der Waals surface area contributed by atoms with Crippen LogP contribution in [-0.4, -0.2) is 24.4 Å². The maximum Gasteiger partial charge on any atom is 0.243 e. The summed E-state index contributed by atoms with van der Waals surface area (Å²) in [5, 5.41) is 0. The summed E-state index contributed by atoms with van der Waals surface area (Å²) in [5.74, 6) is -0.0198. The summed E-state index contributed by atoms with van der Waals surface area (Å²) < 4.78 is 0. The van der Waals surface area contributed by atoms with Crippen LogP contribution in [0.25, 0.3) is 0 Å². The molecule has 0 saturated carbocycles. The van der Waals surface area contributed by atoms with Gasteiger partial charge in [-0.1, -0.05) is 60.2 Å². The SMILES string of the molecule is Cc1ccc(C(N)C(=O)N(C)CCCCc2ccccc2)cc1.Cl. The first-order valence-electron chi connectivity index (χ1n) is 8.19. The van der Waals surface area contributed by atoms with Crippen molar-refractivity contribution < 1.29 is 4.79 Å². The van der Waals surface area contributed by atoms with Crippen molar-refractivity contribution in [3.63, 3.8) is 0 Å². The number of rotatable bonds is 7. The Morgan fingerprint density at radius 1 is 1.04 bits per heavy atom. The molecule has 0 heterocycles. The number of carbonyl (C=O) groups excluding carboxylic acids is 1. The van der Waals surface area contributed by atoms with Crippen molar-refractivity contribution in [2.45, 2.75) is 32.2 Å². The van der Waals surface area contributed by atoms with Crippen molar-refractivity contribution >= 4 is 18.3 Å². The number of carbonyl (C=O) groups is 1. The molecule has 0 aromatic heterocycles. The van der Waals surface area contributed by atoms with E-state index in [1.807, 2.05) is 44.3 Å². The number of benzene rings is 2. The third-order valence-electron chi connectivity index (χ3n) is 4.13. The molecular weight excluding hydrogens is 320 g/mol. The van der Waals surface area contributed by atoms with Crippen molar-refractivity contribution in [2.24, 2.45) is 5.73 Å². The smallest absolute Gasteiger partial charge is 0.243 e. The third kappa shape index (κ3) is 5.99. The van der Waals surface area contributed by atoms with Gasteiger partial charge in [-0.15, -0.1) is 12.4 Å². The Morgan fingerprint density at radius 3 is 2.29 bits per heavy atom. The van der Waals surface area contributed by atoms with Crippen molar-refractivity contribution in [3.05, 3.63) is 71.3 Å². The van der Waals surface area contributed by atoms with Gasteiger partial charge in [0.2, 0.25) is 5.91 Å². The van der Waals surface area contributed by atoms with E-state index in [-0.39, 0.29) is 18.3 Å². The van der Waals surface area contributed by atoms with Crippen LogP contribution in [0.4, 0.5) is 0 Å². The highest BCUT2D eigenvalue weighted by Gasteiger charge is 2.19. The predicted octanol–water partition coefficient (Wildman–Crippen LogP) is 3.90. The first-order valence-corrected chi connectivity index (χ1v) is 8.19. The Kier molecular flexibility index (Phi) is 8.51. The molecule has 0 spiro atoms. The number of nitrogens with zero attached hydrogens (tertiary/aromatic N) is 1. The van der Waals surface area contributed by atoms with Crippen molar-refractivity contribution in [1.82, 2.24) is 4.90 Å². The average Bonchev–Trinajstić information content (AvgIpc) is 2.59. The lowest BCUT2D eigenvalue weighted by molar-refractivity contribution is -0.131. The van der Waals surface area contributed by atoms with Gasteiger partial charge in [0.25, 0.3) is 0 Å². The summed E-state index contributed by atoms with van der Waals surface area (Å²) in [5.41, 5.74) is 9.48. The van der Waals surface area contributed by atoms with E-state index in [2.05, 4.69) is 24.3 Å². The Hall–Kier alpha value is -1.84. The minimum Gasteiger partial charge on any atom is -0.344 e. The van der Waals surface area contributed by atoms with Gasteiger partial charge in [0.05, 0.1) is 0 Å². The predicted molar refractivity (Wildman–Crippen MR) is 102 cm³/mol. The van der Waals surface area contributed by atoms with Crippen LogP contribution in [0.5, 0.6) is 0 Å². The molecule has 1 amide bonds. The lowest BCUT2D eigenvalue weighted by Gasteiger charge is -2.21. The lowest BCUT2D eigenvalue weighted by atomic mass is 10.0. The highest BCUT2D eigenvalue weighted by Crippen LogP contribution is 2.14. The molecule has 4 heteroatoms.